The summed E-state index contributed by atoms with van der Waals surface area (Å²) in [5.41, 5.74) is 1.91. The van der Waals surface area contributed by atoms with Gasteiger partial charge in [0.1, 0.15) is 0 Å². The Morgan fingerprint density at radius 1 is 1.33 bits per heavy atom. The van der Waals surface area contributed by atoms with Crippen LogP contribution in [0.25, 0.3) is 10.9 Å². The first-order valence-corrected chi connectivity index (χ1v) is 7.99. The molecule has 1 saturated heterocycles. The number of amides is 1. The Labute approximate surface area is 140 Å². The van der Waals surface area contributed by atoms with E-state index >= 15 is 0 Å². The highest BCUT2D eigenvalue weighted by molar-refractivity contribution is 5.88. The van der Waals surface area contributed by atoms with Crippen molar-refractivity contribution in [3.8, 4) is 6.07 Å². The summed E-state index contributed by atoms with van der Waals surface area (Å²) in [6, 6.07) is 9.99. The summed E-state index contributed by atoms with van der Waals surface area (Å²) in [5, 5.41) is 10.0. The Morgan fingerprint density at radius 2 is 2.12 bits per heavy atom. The van der Waals surface area contributed by atoms with Gasteiger partial charge in [-0.3, -0.25) is 9.59 Å². The van der Waals surface area contributed by atoms with Gasteiger partial charge in [0.25, 0.3) is 0 Å². The van der Waals surface area contributed by atoms with E-state index in [-0.39, 0.29) is 17.6 Å². The highest BCUT2D eigenvalue weighted by atomic mass is 16.2. The van der Waals surface area contributed by atoms with Crippen molar-refractivity contribution >= 4 is 22.6 Å². The second kappa shape index (κ2) is 6.71. The highest BCUT2D eigenvalue weighted by Crippen LogP contribution is 2.23. The van der Waals surface area contributed by atoms with E-state index in [0.29, 0.717) is 32.5 Å². The van der Waals surface area contributed by atoms with Gasteiger partial charge in [-0.1, -0.05) is 24.8 Å². The van der Waals surface area contributed by atoms with E-state index in [1.165, 1.54) is 6.08 Å². The molecule has 2 heterocycles. The molecule has 5 heteroatoms. The van der Waals surface area contributed by atoms with Crippen LogP contribution < -0.4 is 0 Å². The topological polar surface area (TPSA) is 66.1 Å². The molecule has 0 aliphatic carbocycles. The number of hydrogen-bond donors (Lipinski definition) is 0. The summed E-state index contributed by atoms with van der Waals surface area (Å²) in [5.74, 6) is 0.313. The minimum Gasteiger partial charge on any atom is -0.340 e. The van der Waals surface area contributed by atoms with Crippen molar-refractivity contribution in [3.63, 3.8) is 0 Å². The Bertz CT molecular complexity index is 838. The first-order valence-electron chi connectivity index (χ1n) is 7.99. The van der Waals surface area contributed by atoms with Gasteiger partial charge in [0.15, 0.2) is 5.78 Å². The molecule has 0 radical (unpaired) electrons. The van der Waals surface area contributed by atoms with Crippen LogP contribution in [0.15, 0.2) is 43.1 Å². The van der Waals surface area contributed by atoms with Crippen molar-refractivity contribution in [1.29, 1.82) is 5.26 Å². The quantitative estimate of drug-likeness (QED) is 0.767. The monoisotopic (exact) mass is 321 g/mol. The molecule has 2 aromatic rings. The second-order valence-corrected chi connectivity index (χ2v) is 6.19. The maximum absolute atomic E-state index is 12.4. The molecular formula is C19H19N3O2. The van der Waals surface area contributed by atoms with Crippen LogP contribution in [0.4, 0.5) is 0 Å². The molecule has 0 N–H and O–H groups in total. The molecule has 122 valence electrons. The van der Waals surface area contributed by atoms with Gasteiger partial charge in [-0.2, -0.15) is 5.26 Å². The molecule has 1 fully saturated rings. The standard InChI is InChI=1S/C19H19N3O2/c1-2-18(24)22-11-14(12-22)10-17(23)13-21-9-7-16-5-3-4-15(6-8-20)19(16)21/h2-5,7,9,14H,1,6,10-13H2. The van der Waals surface area contributed by atoms with Gasteiger partial charge in [0, 0.05) is 31.6 Å². The molecule has 0 atom stereocenters. The molecule has 0 spiro atoms. The molecule has 1 aromatic heterocycles. The average Bonchev–Trinajstić information content (AvgIpc) is 2.94. The minimum absolute atomic E-state index is 0.0729. The summed E-state index contributed by atoms with van der Waals surface area (Å²) in [6.45, 7) is 5.03. The fraction of sp³-hybridized carbons (Fsp3) is 0.316. The van der Waals surface area contributed by atoms with Gasteiger partial charge in [-0.15, -0.1) is 0 Å². The van der Waals surface area contributed by atoms with Gasteiger partial charge in [0.2, 0.25) is 5.91 Å². The van der Waals surface area contributed by atoms with Crippen LogP contribution in [-0.4, -0.2) is 34.2 Å². The molecular weight excluding hydrogens is 302 g/mol. The third-order valence-corrected chi connectivity index (χ3v) is 4.45. The number of carbonyl (C=O) groups excluding carboxylic acids is 2. The van der Waals surface area contributed by atoms with Crippen molar-refractivity contribution in [2.24, 2.45) is 5.92 Å². The van der Waals surface area contributed by atoms with Crippen LogP contribution in [0.3, 0.4) is 0 Å². The zero-order valence-corrected chi connectivity index (χ0v) is 13.4. The zero-order chi connectivity index (χ0) is 17.1. The number of hydrogen-bond acceptors (Lipinski definition) is 3. The van der Waals surface area contributed by atoms with Gasteiger partial charge >= 0.3 is 0 Å². The summed E-state index contributed by atoms with van der Waals surface area (Å²) >= 11 is 0. The number of benzene rings is 1. The van der Waals surface area contributed by atoms with Crippen LogP contribution in [0, 0.1) is 17.2 Å². The molecule has 3 rings (SSSR count). The Morgan fingerprint density at radius 3 is 2.83 bits per heavy atom. The fourth-order valence-corrected chi connectivity index (χ4v) is 3.28. The molecule has 0 unspecified atom stereocenters. The predicted molar refractivity (Wildman–Crippen MR) is 91.1 cm³/mol. The van der Waals surface area contributed by atoms with Crippen LogP contribution in [0.2, 0.25) is 0 Å². The van der Waals surface area contributed by atoms with Gasteiger partial charge < -0.3 is 9.47 Å². The molecule has 5 nitrogen and oxygen atoms in total. The van der Waals surface area contributed by atoms with Crippen molar-refractivity contribution in [1.82, 2.24) is 9.47 Å². The van der Waals surface area contributed by atoms with Crippen LogP contribution >= 0.6 is 0 Å². The fourth-order valence-electron chi connectivity index (χ4n) is 3.28. The van der Waals surface area contributed by atoms with Crippen LogP contribution in [0.1, 0.15) is 12.0 Å². The number of Topliss-reactive ketones (excluding diaryl/α,β-unsaturated/α-hetero) is 1. The highest BCUT2D eigenvalue weighted by Gasteiger charge is 2.30. The first-order chi connectivity index (χ1) is 11.6. The van der Waals surface area contributed by atoms with E-state index in [1.807, 2.05) is 35.0 Å². The number of ketones is 1. The van der Waals surface area contributed by atoms with Crippen molar-refractivity contribution < 1.29 is 9.59 Å². The predicted octanol–water partition coefficient (Wildman–Crippen LogP) is 2.31. The molecule has 1 amide bonds. The summed E-state index contributed by atoms with van der Waals surface area (Å²) in [7, 11) is 0. The molecule has 1 aliphatic rings. The maximum atomic E-state index is 12.4. The van der Waals surface area contributed by atoms with E-state index in [4.69, 9.17) is 5.26 Å². The van der Waals surface area contributed by atoms with Crippen LogP contribution in [-0.2, 0) is 22.6 Å². The molecule has 0 bridgehead atoms. The van der Waals surface area contributed by atoms with Gasteiger partial charge in [0.05, 0.1) is 24.6 Å². The second-order valence-electron chi connectivity index (χ2n) is 6.19. The number of aromatic nitrogens is 1. The third-order valence-electron chi connectivity index (χ3n) is 4.45. The number of rotatable bonds is 6. The number of likely N-dealkylation sites (tertiary alicyclic amines) is 1. The van der Waals surface area contributed by atoms with Crippen molar-refractivity contribution in [2.75, 3.05) is 13.1 Å². The Kier molecular flexibility index (Phi) is 4.48. The Balaban J connectivity index is 1.65. The molecule has 1 aliphatic heterocycles. The van der Waals surface area contributed by atoms with Crippen LogP contribution in [0.5, 0.6) is 0 Å². The third kappa shape index (κ3) is 3.09. The van der Waals surface area contributed by atoms with Gasteiger partial charge in [-0.05, 0) is 23.1 Å². The van der Waals surface area contributed by atoms with E-state index in [2.05, 4.69) is 12.6 Å². The molecule has 0 saturated carbocycles. The number of fused-ring (bicyclic) bond motifs is 1. The maximum Gasteiger partial charge on any atom is 0.245 e. The Hall–Kier alpha value is -2.87. The lowest BCUT2D eigenvalue weighted by Gasteiger charge is -2.38. The van der Waals surface area contributed by atoms with Crippen molar-refractivity contribution in [2.45, 2.75) is 19.4 Å². The van der Waals surface area contributed by atoms with E-state index in [0.717, 1.165) is 16.5 Å². The number of nitrogens with zero attached hydrogens (tertiary/aromatic N) is 3. The lowest BCUT2D eigenvalue weighted by atomic mass is 9.94. The number of para-hydroxylation sites is 1. The SMILES string of the molecule is C=CC(=O)N1CC(CC(=O)Cn2ccc3cccc(CC#N)c32)C1. The van der Waals surface area contributed by atoms with E-state index < -0.39 is 0 Å². The normalized spacial score (nSPS) is 14.2. The first kappa shape index (κ1) is 16.0. The largest absolute Gasteiger partial charge is 0.340 e. The smallest absolute Gasteiger partial charge is 0.245 e. The van der Waals surface area contributed by atoms with E-state index in [9.17, 15) is 9.59 Å². The minimum atomic E-state index is -0.0729. The molecule has 1 aromatic carbocycles. The van der Waals surface area contributed by atoms with E-state index in [1.54, 1.807) is 4.90 Å². The zero-order valence-electron chi connectivity index (χ0n) is 13.4. The summed E-state index contributed by atoms with van der Waals surface area (Å²) in [4.78, 5) is 25.5. The van der Waals surface area contributed by atoms with Gasteiger partial charge in [-0.25, -0.2) is 0 Å². The number of carbonyl (C=O) groups is 2. The number of nitriles is 1. The lowest BCUT2D eigenvalue weighted by molar-refractivity contribution is -0.134. The lowest BCUT2D eigenvalue weighted by Crippen LogP contribution is -2.50. The van der Waals surface area contributed by atoms with Crippen molar-refractivity contribution in [3.05, 3.63) is 48.7 Å². The summed E-state index contributed by atoms with van der Waals surface area (Å²) < 4.78 is 1.93. The molecule has 24 heavy (non-hydrogen) atoms. The average molecular weight is 321 g/mol. The summed E-state index contributed by atoms with van der Waals surface area (Å²) in [6.07, 6.45) is 4.01.